The number of aromatic nitrogens is 2. The van der Waals surface area contributed by atoms with Crippen LogP contribution < -0.4 is 4.74 Å². The zero-order valence-corrected chi connectivity index (χ0v) is 18.5. The van der Waals surface area contributed by atoms with Gasteiger partial charge in [0.05, 0.1) is 17.6 Å². The normalized spacial score (nSPS) is 26.3. The fourth-order valence-corrected chi connectivity index (χ4v) is 3.65. The summed E-state index contributed by atoms with van der Waals surface area (Å²) in [5.74, 6) is -4.08. The second-order valence-electron chi connectivity index (χ2n) is 7.87. The van der Waals surface area contributed by atoms with Gasteiger partial charge in [-0.05, 0) is 36.4 Å². The Hall–Kier alpha value is -3.55. The van der Waals surface area contributed by atoms with Gasteiger partial charge in [0.1, 0.15) is 29.9 Å². The van der Waals surface area contributed by atoms with Crippen molar-refractivity contribution in [2.45, 2.75) is 37.3 Å². The van der Waals surface area contributed by atoms with Crippen LogP contribution in [0.15, 0.2) is 48.5 Å². The van der Waals surface area contributed by atoms with Gasteiger partial charge in [-0.15, -0.1) is 0 Å². The Morgan fingerprint density at radius 1 is 1.11 bits per heavy atom. The van der Waals surface area contributed by atoms with E-state index in [-0.39, 0.29) is 0 Å². The fourth-order valence-electron chi connectivity index (χ4n) is 3.65. The number of benzene rings is 2. The van der Waals surface area contributed by atoms with Crippen molar-refractivity contribution in [1.29, 1.82) is 0 Å². The van der Waals surface area contributed by atoms with Crippen LogP contribution in [-0.4, -0.2) is 85.9 Å². The maximum atomic E-state index is 12.3. The summed E-state index contributed by atoms with van der Waals surface area (Å²) in [6.07, 6.45) is -7.11. The number of fused-ring (bicyclic) bond motifs is 1. The van der Waals surface area contributed by atoms with Crippen molar-refractivity contribution in [3.63, 3.8) is 0 Å². The van der Waals surface area contributed by atoms with E-state index >= 15 is 0 Å². The van der Waals surface area contributed by atoms with Crippen molar-refractivity contribution in [2.24, 2.45) is 0 Å². The molecule has 4 rings (SSSR count). The van der Waals surface area contributed by atoms with Crippen LogP contribution in [0.5, 0.6) is 5.75 Å². The molecule has 0 radical (unpaired) electrons. The Morgan fingerprint density at radius 2 is 1.83 bits per heavy atom. The molecule has 12 heteroatoms. The lowest BCUT2D eigenvalue weighted by Gasteiger charge is -2.44. The molecule has 1 saturated heterocycles. The van der Waals surface area contributed by atoms with Gasteiger partial charge in [0.15, 0.2) is 6.61 Å². The predicted octanol–water partition coefficient (Wildman–Crippen LogP) is -0.157. The molecule has 0 spiro atoms. The summed E-state index contributed by atoms with van der Waals surface area (Å²) in [5, 5.41) is 40.2. The molecule has 5 atom stereocenters. The summed E-state index contributed by atoms with van der Waals surface area (Å²) in [5.41, 5.74) is 2.50. The number of hydrogen-bond acceptors (Lipinski definition) is 11. The first kappa shape index (κ1) is 24.6. The molecule has 0 amide bonds. The van der Waals surface area contributed by atoms with Crippen molar-refractivity contribution in [3.05, 3.63) is 48.5 Å². The van der Waals surface area contributed by atoms with E-state index in [4.69, 9.17) is 18.9 Å². The number of aliphatic hydroxyl groups excluding tert-OH is 3. The summed E-state index contributed by atoms with van der Waals surface area (Å²) in [4.78, 5) is 31.4. The van der Waals surface area contributed by atoms with Crippen LogP contribution in [0.4, 0.5) is 0 Å². The number of carbonyl (C=O) groups is 2. The highest BCUT2D eigenvalue weighted by Crippen LogP contribution is 2.32. The van der Waals surface area contributed by atoms with Crippen molar-refractivity contribution in [1.82, 2.24) is 9.97 Å². The number of ether oxygens (including phenoxy) is 4. The molecule has 1 aliphatic heterocycles. The van der Waals surface area contributed by atoms with E-state index in [1.807, 2.05) is 24.3 Å². The van der Waals surface area contributed by atoms with Gasteiger partial charge in [0.2, 0.25) is 6.10 Å². The minimum atomic E-state index is -2.97. The third-order valence-corrected chi connectivity index (χ3v) is 5.33. The molecule has 1 aliphatic rings. The number of rotatable bonds is 7. The summed E-state index contributed by atoms with van der Waals surface area (Å²) < 4.78 is 20.1. The molecule has 0 bridgehead atoms. The number of aliphatic hydroxyl groups is 4. The first-order valence-electron chi connectivity index (χ1n) is 10.6. The van der Waals surface area contributed by atoms with E-state index < -0.39 is 55.5 Å². The second-order valence-corrected chi connectivity index (χ2v) is 7.87. The maximum Gasteiger partial charge on any atom is 0.369 e. The highest BCUT2D eigenvalue weighted by atomic mass is 16.9. The lowest BCUT2D eigenvalue weighted by Crippen LogP contribution is -2.67. The van der Waals surface area contributed by atoms with E-state index in [9.17, 15) is 30.0 Å². The molecule has 5 N–H and O–H groups in total. The molecule has 1 aromatic heterocycles. The Bertz CT molecular complexity index is 1160. The minimum Gasteiger partial charge on any atom is -0.482 e. The Kier molecular flexibility index (Phi) is 7.00. The standard InChI is InChI=1S/C23H24N2O10/c1-12(27)33-21-20(30)19(29)17(10-26)34-23(21,31)35-18(28)11-32-14-8-6-13(7-9-14)22-24-15-4-2-3-5-16(15)25-22/h2-9,17,19-21,26,29-31H,10-11H2,1H3,(H,24,25)/t17-,19+,20+,21-,23?/m1/s1. The van der Waals surface area contributed by atoms with Crippen LogP contribution in [0.25, 0.3) is 22.4 Å². The summed E-state index contributed by atoms with van der Waals surface area (Å²) >= 11 is 0. The van der Waals surface area contributed by atoms with Crippen LogP contribution >= 0.6 is 0 Å². The summed E-state index contributed by atoms with van der Waals surface area (Å²) in [6, 6.07) is 14.3. The lowest BCUT2D eigenvalue weighted by molar-refractivity contribution is -0.434. The predicted molar refractivity (Wildman–Crippen MR) is 118 cm³/mol. The summed E-state index contributed by atoms with van der Waals surface area (Å²) in [6.45, 7) is -0.512. The number of imidazole rings is 1. The topological polar surface area (TPSA) is 181 Å². The number of esters is 2. The van der Waals surface area contributed by atoms with E-state index in [2.05, 4.69) is 9.97 Å². The molecule has 3 aromatic rings. The minimum absolute atomic E-state index is 0.304. The highest BCUT2D eigenvalue weighted by Gasteiger charge is 2.58. The van der Waals surface area contributed by atoms with E-state index in [0.29, 0.717) is 11.6 Å². The molecule has 35 heavy (non-hydrogen) atoms. The van der Waals surface area contributed by atoms with Crippen LogP contribution in [-0.2, 0) is 23.8 Å². The van der Waals surface area contributed by atoms with Gasteiger partial charge in [-0.3, -0.25) is 4.79 Å². The number of nitrogens with zero attached hydrogens (tertiary/aromatic N) is 1. The third kappa shape index (κ3) is 5.26. The van der Waals surface area contributed by atoms with E-state index in [1.165, 1.54) is 0 Å². The number of nitrogens with one attached hydrogen (secondary N) is 1. The fraction of sp³-hybridized carbons (Fsp3) is 0.348. The number of para-hydroxylation sites is 2. The first-order valence-corrected chi connectivity index (χ1v) is 10.6. The van der Waals surface area contributed by atoms with Gasteiger partial charge in [-0.2, -0.15) is 0 Å². The molecular weight excluding hydrogens is 464 g/mol. The Morgan fingerprint density at radius 3 is 2.49 bits per heavy atom. The smallest absolute Gasteiger partial charge is 0.369 e. The quantitative estimate of drug-likeness (QED) is 0.220. The van der Waals surface area contributed by atoms with E-state index in [1.54, 1.807) is 24.3 Å². The zero-order valence-electron chi connectivity index (χ0n) is 18.5. The average molecular weight is 488 g/mol. The van der Waals surface area contributed by atoms with Crippen LogP contribution in [0.3, 0.4) is 0 Å². The number of carbonyl (C=O) groups excluding carboxylic acids is 2. The third-order valence-electron chi connectivity index (χ3n) is 5.33. The Balaban J connectivity index is 1.40. The SMILES string of the molecule is CC(=O)O[C@@H]1[C@@H](O)[C@@H](O)[C@@H](CO)OC1(O)OC(=O)COc1ccc(-c2nc3ccccc3[nH]2)cc1. The number of aromatic amines is 1. The number of H-pyrrole nitrogens is 1. The molecular formula is C23H24N2O10. The van der Waals surface area contributed by atoms with Crippen LogP contribution in [0, 0.1) is 0 Å². The molecule has 2 heterocycles. The van der Waals surface area contributed by atoms with Crippen molar-refractivity contribution in [3.8, 4) is 17.1 Å². The van der Waals surface area contributed by atoms with Crippen molar-refractivity contribution in [2.75, 3.05) is 13.2 Å². The van der Waals surface area contributed by atoms with Crippen molar-refractivity contribution < 1.29 is 49.0 Å². The monoisotopic (exact) mass is 488 g/mol. The van der Waals surface area contributed by atoms with E-state index in [0.717, 1.165) is 23.5 Å². The van der Waals surface area contributed by atoms with Gasteiger partial charge < -0.3 is 44.4 Å². The van der Waals surface area contributed by atoms with Crippen LogP contribution in [0.1, 0.15) is 6.92 Å². The second kappa shape index (κ2) is 9.98. The zero-order chi connectivity index (χ0) is 25.2. The van der Waals surface area contributed by atoms with Gasteiger partial charge in [0.25, 0.3) is 0 Å². The van der Waals surface area contributed by atoms with Gasteiger partial charge in [0, 0.05) is 12.5 Å². The molecule has 1 fully saturated rings. The highest BCUT2D eigenvalue weighted by molar-refractivity contribution is 5.79. The van der Waals surface area contributed by atoms with Crippen molar-refractivity contribution >= 4 is 23.0 Å². The molecule has 0 aliphatic carbocycles. The lowest BCUT2D eigenvalue weighted by atomic mass is 9.97. The molecule has 186 valence electrons. The molecule has 12 nitrogen and oxygen atoms in total. The Labute approximate surface area is 198 Å². The van der Waals surface area contributed by atoms with Gasteiger partial charge in [-0.25, -0.2) is 9.78 Å². The van der Waals surface area contributed by atoms with Gasteiger partial charge >= 0.3 is 17.9 Å². The molecule has 2 aromatic carbocycles. The largest absolute Gasteiger partial charge is 0.482 e. The summed E-state index contributed by atoms with van der Waals surface area (Å²) in [7, 11) is 0. The van der Waals surface area contributed by atoms with Crippen LogP contribution in [0.2, 0.25) is 0 Å². The molecule has 1 unspecified atom stereocenters. The molecule has 0 saturated carbocycles. The average Bonchev–Trinajstić information content (AvgIpc) is 3.27. The first-order chi connectivity index (χ1) is 16.7. The maximum absolute atomic E-state index is 12.3. The number of hydrogen-bond donors (Lipinski definition) is 5. The van der Waals surface area contributed by atoms with Gasteiger partial charge in [-0.1, -0.05) is 12.1 Å².